The molecular weight excluding hydrogens is 190 g/mol. The number of rotatable bonds is 6. The van der Waals surface area contributed by atoms with Crippen LogP contribution >= 0.6 is 0 Å². The fourth-order valence-electron chi connectivity index (χ4n) is 1.58. The minimum atomic E-state index is 0.131. The number of aliphatic hydroxyl groups excluding tert-OH is 2. The molecule has 0 atom stereocenters. The molecular formula is C12H19NO2. The molecule has 15 heavy (non-hydrogen) atoms. The molecule has 3 heteroatoms. The Morgan fingerprint density at radius 1 is 1.07 bits per heavy atom. The third kappa shape index (κ3) is 4.00. The Balaban J connectivity index is 2.60. The number of aliphatic hydroxyl groups is 2. The van der Waals surface area contributed by atoms with Crippen LogP contribution in [-0.4, -0.2) is 41.4 Å². The Morgan fingerprint density at radius 2 is 1.67 bits per heavy atom. The quantitative estimate of drug-likeness (QED) is 0.727. The zero-order chi connectivity index (χ0) is 11.1. The summed E-state index contributed by atoms with van der Waals surface area (Å²) in [6.45, 7) is 4.33. The average Bonchev–Trinajstić information content (AvgIpc) is 2.22. The molecule has 0 amide bonds. The van der Waals surface area contributed by atoms with Gasteiger partial charge in [0.2, 0.25) is 0 Å². The smallest absolute Gasteiger partial charge is 0.0558 e. The first kappa shape index (κ1) is 12.2. The van der Waals surface area contributed by atoms with Gasteiger partial charge < -0.3 is 10.2 Å². The maximum absolute atomic E-state index is 8.89. The van der Waals surface area contributed by atoms with Crippen LogP contribution in [0.4, 0.5) is 0 Å². The van der Waals surface area contributed by atoms with Crippen molar-refractivity contribution in [1.29, 1.82) is 0 Å². The van der Waals surface area contributed by atoms with Crippen molar-refractivity contribution >= 4 is 0 Å². The highest BCUT2D eigenvalue weighted by Gasteiger charge is 2.05. The molecule has 84 valence electrons. The molecule has 0 heterocycles. The highest BCUT2D eigenvalue weighted by atomic mass is 16.3. The zero-order valence-electron chi connectivity index (χ0n) is 9.19. The SMILES string of the molecule is Cc1ccccc1CN(CCO)CCO. The van der Waals surface area contributed by atoms with Crippen molar-refractivity contribution in [1.82, 2.24) is 4.90 Å². The van der Waals surface area contributed by atoms with E-state index < -0.39 is 0 Å². The van der Waals surface area contributed by atoms with Gasteiger partial charge >= 0.3 is 0 Å². The van der Waals surface area contributed by atoms with Gasteiger partial charge in [-0.3, -0.25) is 4.90 Å². The van der Waals surface area contributed by atoms with Crippen LogP contribution in [0.2, 0.25) is 0 Å². The molecule has 1 aromatic carbocycles. The second-order valence-electron chi connectivity index (χ2n) is 3.65. The first-order valence-electron chi connectivity index (χ1n) is 5.26. The van der Waals surface area contributed by atoms with Crippen LogP contribution in [0.3, 0.4) is 0 Å². The van der Waals surface area contributed by atoms with Crippen molar-refractivity contribution < 1.29 is 10.2 Å². The molecule has 0 aromatic heterocycles. The van der Waals surface area contributed by atoms with Gasteiger partial charge in [-0.1, -0.05) is 24.3 Å². The van der Waals surface area contributed by atoms with Crippen molar-refractivity contribution in [3.05, 3.63) is 35.4 Å². The number of benzene rings is 1. The van der Waals surface area contributed by atoms with Crippen molar-refractivity contribution in [2.24, 2.45) is 0 Å². The summed E-state index contributed by atoms with van der Waals surface area (Å²) in [5, 5.41) is 17.8. The minimum Gasteiger partial charge on any atom is -0.395 e. The van der Waals surface area contributed by atoms with Crippen LogP contribution in [0.1, 0.15) is 11.1 Å². The fraction of sp³-hybridized carbons (Fsp3) is 0.500. The van der Waals surface area contributed by atoms with Crippen LogP contribution in [0.25, 0.3) is 0 Å². The van der Waals surface area contributed by atoms with E-state index in [1.165, 1.54) is 11.1 Å². The topological polar surface area (TPSA) is 43.7 Å². The van der Waals surface area contributed by atoms with Gasteiger partial charge in [0, 0.05) is 19.6 Å². The maximum Gasteiger partial charge on any atom is 0.0558 e. The average molecular weight is 209 g/mol. The zero-order valence-corrected chi connectivity index (χ0v) is 9.19. The summed E-state index contributed by atoms with van der Waals surface area (Å²) in [6.07, 6.45) is 0. The predicted molar refractivity (Wildman–Crippen MR) is 60.6 cm³/mol. The van der Waals surface area contributed by atoms with E-state index in [0.717, 1.165) is 6.54 Å². The summed E-state index contributed by atoms with van der Waals surface area (Å²) in [7, 11) is 0. The molecule has 0 bridgehead atoms. The van der Waals surface area contributed by atoms with Crippen LogP contribution in [0.5, 0.6) is 0 Å². The van der Waals surface area contributed by atoms with Crippen molar-refractivity contribution in [2.75, 3.05) is 26.3 Å². The Labute approximate surface area is 91.0 Å². The van der Waals surface area contributed by atoms with Crippen LogP contribution in [-0.2, 0) is 6.54 Å². The van der Waals surface area contributed by atoms with E-state index in [9.17, 15) is 0 Å². The molecule has 0 unspecified atom stereocenters. The van der Waals surface area contributed by atoms with E-state index in [2.05, 4.69) is 19.1 Å². The number of nitrogens with zero attached hydrogens (tertiary/aromatic N) is 1. The lowest BCUT2D eigenvalue weighted by Gasteiger charge is -2.21. The second kappa shape index (κ2) is 6.56. The summed E-state index contributed by atoms with van der Waals surface area (Å²) < 4.78 is 0. The molecule has 2 N–H and O–H groups in total. The highest BCUT2D eigenvalue weighted by Crippen LogP contribution is 2.09. The van der Waals surface area contributed by atoms with Crippen molar-refractivity contribution in [3.63, 3.8) is 0 Å². The van der Waals surface area contributed by atoms with Crippen LogP contribution < -0.4 is 0 Å². The molecule has 0 saturated carbocycles. The van der Waals surface area contributed by atoms with E-state index in [-0.39, 0.29) is 13.2 Å². The standard InChI is InChI=1S/C12H19NO2/c1-11-4-2-3-5-12(11)10-13(6-8-14)7-9-15/h2-5,14-15H,6-10H2,1H3. The van der Waals surface area contributed by atoms with Gasteiger partial charge in [0.05, 0.1) is 13.2 Å². The summed E-state index contributed by atoms with van der Waals surface area (Å²) in [4.78, 5) is 2.04. The van der Waals surface area contributed by atoms with Crippen molar-refractivity contribution in [3.8, 4) is 0 Å². The highest BCUT2D eigenvalue weighted by molar-refractivity contribution is 5.25. The van der Waals surface area contributed by atoms with Crippen molar-refractivity contribution in [2.45, 2.75) is 13.5 Å². The van der Waals surface area contributed by atoms with Gasteiger partial charge in [0.15, 0.2) is 0 Å². The van der Waals surface area contributed by atoms with Gasteiger partial charge in [-0.2, -0.15) is 0 Å². The van der Waals surface area contributed by atoms with E-state index >= 15 is 0 Å². The van der Waals surface area contributed by atoms with Crippen LogP contribution in [0.15, 0.2) is 24.3 Å². The molecule has 0 fully saturated rings. The fourth-order valence-corrected chi connectivity index (χ4v) is 1.58. The summed E-state index contributed by atoms with van der Waals surface area (Å²) >= 11 is 0. The molecule has 1 rings (SSSR count). The summed E-state index contributed by atoms with van der Waals surface area (Å²) in [6, 6.07) is 8.18. The molecule has 0 aliphatic carbocycles. The largest absolute Gasteiger partial charge is 0.395 e. The lowest BCUT2D eigenvalue weighted by molar-refractivity contribution is 0.155. The Bertz CT molecular complexity index is 283. The second-order valence-corrected chi connectivity index (χ2v) is 3.65. The van der Waals surface area contributed by atoms with E-state index in [1.807, 2.05) is 17.0 Å². The third-order valence-electron chi connectivity index (χ3n) is 2.49. The monoisotopic (exact) mass is 209 g/mol. The lowest BCUT2D eigenvalue weighted by atomic mass is 10.1. The molecule has 0 spiro atoms. The Morgan fingerprint density at radius 3 is 2.20 bits per heavy atom. The Hall–Kier alpha value is -0.900. The number of aryl methyl sites for hydroxylation is 1. The molecule has 0 saturated heterocycles. The van der Waals surface area contributed by atoms with Gasteiger partial charge in [0.1, 0.15) is 0 Å². The maximum atomic E-state index is 8.89. The van der Waals surface area contributed by atoms with Gasteiger partial charge in [-0.15, -0.1) is 0 Å². The molecule has 1 aromatic rings. The van der Waals surface area contributed by atoms with Gasteiger partial charge in [-0.25, -0.2) is 0 Å². The summed E-state index contributed by atoms with van der Waals surface area (Å²) in [5.74, 6) is 0. The predicted octanol–water partition coefficient (Wildman–Crippen LogP) is 0.782. The lowest BCUT2D eigenvalue weighted by Crippen LogP contribution is -2.29. The van der Waals surface area contributed by atoms with Gasteiger partial charge in [-0.05, 0) is 18.1 Å². The number of hydrogen-bond acceptors (Lipinski definition) is 3. The molecule has 0 aliphatic rings. The first-order chi connectivity index (χ1) is 7.27. The molecule has 0 aliphatic heterocycles. The molecule has 3 nitrogen and oxygen atoms in total. The number of hydrogen-bond donors (Lipinski definition) is 2. The van der Waals surface area contributed by atoms with Crippen LogP contribution in [0, 0.1) is 6.92 Å². The minimum absolute atomic E-state index is 0.131. The Kier molecular flexibility index (Phi) is 5.32. The van der Waals surface area contributed by atoms with E-state index in [1.54, 1.807) is 0 Å². The third-order valence-corrected chi connectivity index (χ3v) is 2.49. The summed E-state index contributed by atoms with van der Waals surface area (Å²) in [5.41, 5.74) is 2.50. The van der Waals surface area contributed by atoms with E-state index in [0.29, 0.717) is 13.1 Å². The first-order valence-corrected chi connectivity index (χ1v) is 5.26. The normalized spacial score (nSPS) is 10.9. The molecule has 0 radical (unpaired) electrons. The van der Waals surface area contributed by atoms with E-state index in [4.69, 9.17) is 10.2 Å². The van der Waals surface area contributed by atoms with Gasteiger partial charge in [0.25, 0.3) is 0 Å².